The standard InChI is InChI=1S/C19H19NO5S/c1-26(23,24)17-9-5-4-8-16(17)19(22)25-13-18(21)20-11-10-14-6-2-3-7-15(14)12-20/h2-9H,10-13H2,1H3. The van der Waals surface area contributed by atoms with Crippen LogP contribution in [0.3, 0.4) is 0 Å². The van der Waals surface area contributed by atoms with Crippen LogP contribution in [-0.2, 0) is 32.3 Å². The zero-order valence-electron chi connectivity index (χ0n) is 14.3. The highest BCUT2D eigenvalue weighted by Gasteiger charge is 2.23. The Morgan fingerprint density at radius 1 is 1.04 bits per heavy atom. The lowest BCUT2D eigenvalue weighted by Crippen LogP contribution is -2.38. The maximum absolute atomic E-state index is 12.4. The summed E-state index contributed by atoms with van der Waals surface area (Å²) >= 11 is 0. The highest BCUT2D eigenvalue weighted by Crippen LogP contribution is 2.19. The molecule has 0 aliphatic carbocycles. The molecular weight excluding hydrogens is 354 g/mol. The Morgan fingerprint density at radius 3 is 2.42 bits per heavy atom. The van der Waals surface area contributed by atoms with Crippen molar-refractivity contribution in [3.05, 3.63) is 65.2 Å². The summed E-state index contributed by atoms with van der Waals surface area (Å²) in [4.78, 5) is 26.1. The second kappa shape index (κ2) is 7.29. The number of carbonyl (C=O) groups is 2. The molecule has 0 unspecified atom stereocenters. The summed E-state index contributed by atoms with van der Waals surface area (Å²) in [6, 6.07) is 13.7. The molecule has 2 aromatic carbocycles. The van der Waals surface area contributed by atoms with Crippen molar-refractivity contribution in [1.82, 2.24) is 4.90 Å². The second-order valence-corrected chi connectivity index (χ2v) is 8.16. The third-order valence-corrected chi connectivity index (χ3v) is 5.47. The lowest BCUT2D eigenvalue weighted by Gasteiger charge is -2.28. The Kier molecular flexibility index (Phi) is 5.08. The summed E-state index contributed by atoms with van der Waals surface area (Å²) in [6.07, 6.45) is 1.78. The number of benzene rings is 2. The Labute approximate surface area is 152 Å². The Balaban J connectivity index is 1.65. The average Bonchev–Trinajstić information content (AvgIpc) is 2.64. The first kappa shape index (κ1) is 18.1. The molecule has 0 N–H and O–H groups in total. The normalized spacial score (nSPS) is 13.8. The van der Waals surface area contributed by atoms with Gasteiger partial charge in [0.1, 0.15) is 0 Å². The van der Waals surface area contributed by atoms with Gasteiger partial charge >= 0.3 is 5.97 Å². The number of hydrogen-bond acceptors (Lipinski definition) is 5. The van der Waals surface area contributed by atoms with E-state index in [9.17, 15) is 18.0 Å². The molecule has 1 aliphatic heterocycles. The predicted octanol–water partition coefficient (Wildman–Crippen LogP) is 1.83. The summed E-state index contributed by atoms with van der Waals surface area (Å²) < 4.78 is 28.6. The Morgan fingerprint density at radius 2 is 1.69 bits per heavy atom. The molecule has 7 heteroatoms. The van der Waals surface area contributed by atoms with E-state index in [2.05, 4.69) is 0 Å². The molecule has 0 spiro atoms. The maximum atomic E-state index is 12.4. The van der Waals surface area contributed by atoms with E-state index in [4.69, 9.17) is 4.74 Å². The molecule has 0 atom stereocenters. The molecule has 0 fully saturated rings. The number of hydrogen-bond donors (Lipinski definition) is 0. The fourth-order valence-electron chi connectivity index (χ4n) is 2.96. The summed E-state index contributed by atoms with van der Waals surface area (Å²) in [6.45, 7) is 0.624. The Hall–Kier alpha value is -2.67. The van der Waals surface area contributed by atoms with Crippen LogP contribution >= 0.6 is 0 Å². The van der Waals surface area contributed by atoms with Crippen LogP contribution in [0.25, 0.3) is 0 Å². The van der Waals surface area contributed by atoms with Crippen LogP contribution in [0.2, 0.25) is 0 Å². The molecule has 1 amide bonds. The van der Waals surface area contributed by atoms with Crippen molar-refractivity contribution in [1.29, 1.82) is 0 Å². The number of ether oxygens (including phenoxy) is 1. The van der Waals surface area contributed by atoms with Crippen LogP contribution in [0.1, 0.15) is 21.5 Å². The van der Waals surface area contributed by atoms with Gasteiger partial charge in [0.2, 0.25) is 0 Å². The van der Waals surface area contributed by atoms with Crippen molar-refractivity contribution in [2.24, 2.45) is 0 Å². The topological polar surface area (TPSA) is 80.7 Å². The van der Waals surface area contributed by atoms with E-state index in [-0.39, 0.29) is 16.4 Å². The van der Waals surface area contributed by atoms with Crippen molar-refractivity contribution < 1.29 is 22.7 Å². The van der Waals surface area contributed by atoms with E-state index in [0.717, 1.165) is 18.2 Å². The van der Waals surface area contributed by atoms with Gasteiger partial charge in [-0.2, -0.15) is 0 Å². The lowest BCUT2D eigenvalue weighted by molar-refractivity contribution is -0.135. The molecule has 2 aromatic rings. The monoisotopic (exact) mass is 373 g/mol. The number of fused-ring (bicyclic) bond motifs is 1. The van der Waals surface area contributed by atoms with E-state index in [0.29, 0.717) is 13.1 Å². The first-order valence-corrected chi connectivity index (χ1v) is 10.1. The van der Waals surface area contributed by atoms with Gasteiger partial charge in [0.05, 0.1) is 10.5 Å². The number of esters is 1. The fraction of sp³-hybridized carbons (Fsp3) is 0.263. The maximum Gasteiger partial charge on any atom is 0.339 e. The summed E-state index contributed by atoms with van der Waals surface area (Å²) in [5.74, 6) is -1.12. The van der Waals surface area contributed by atoms with E-state index in [1.807, 2.05) is 24.3 Å². The van der Waals surface area contributed by atoms with E-state index in [1.165, 1.54) is 23.8 Å². The molecule has 6 nitrogen and oxygen atoms in total. The first-order chi connectivity index (χ1) is 12.4. The number of rotatable bonds is 4. The number of amides is 1. The van der Waals surface area contributed by atoms with Crippen LogP contribution < -0.4 is 0 Å². The molecule has 0 bridgehead atoms. The van der Waals surface area contributed by atoms with Crippen molar-refractivity contribution >= 4 is 21.7 Å². The summed E-state index contributed by atoms with van der Waals surface area (Å²) in [7, 11) is -3.57. The van der Waals surface area contributed by atoms with Crippen LogP contribution in [0.15, 0.2) is 53.4 Å². The molecule has 0 saturated heterocycles. The largest absolute Gasteiger partial charge is 0.452 e. The molecule has 26 heavy (non-hydrogen) atoms. The molecule has 136 valence electrons. The van der Waals surface area contributed by atoms with Crippen molar-refractivity contribution in [3.63, 3.8) is 0 Å². The minimum absolute atomic E-state index is 0.0632. The summed E-state index contributed by atoms with van der Waals surface area (Å²) in [5, 5.41) is 0. The highest BCUT2D eigenvalue weighted by molar-refractivity contribution is 7.90. The van der Waals surface area contributed by atoms with Crippen molar-refractivity contribution in [2.75, 3.05) is 19.4 Å². The Bertz CT molecular complexity index is 952. The van der Waals surface area contributed by atoms with Crippen molar-refractivity contribution in [2.45, 2.75) is 17.9 Å². The third kappa shape index (κ3) is 3.94. The first-order valence-electron chi connectivity index (χ1n) is 8.17. The van der Waals surface area contributed by atoms with Gasteiger partial charge in [0.15, 0.2) is 16.4 Å². The zero-order chi connectivity index (χ0) is 18.7. The lowest BCUT2D eigenvalue weighted by atomic mass is 10.00. The van der Waals surface area contributed by atoms with Gasteiger partial charge in [-0.05, 0) is 29.7 Å². The smallest absolute Gasteiger partial charge is 0.339 e. The van der Waals surface area contributed by atoms with Gasteiger partial charge < -0.3 is 9.64 Å². The zero-order valence-corrected chi connectivity index (χ0v) is 15.2. The quantitative estimate of drug-likeness (QED) is 0.764. The van der Waals surface area contributed by atoms with Gasteiger partial charge in [0.25, 0.3) is 5.91 Å². The fourth-order valence-corrected chi connectivity index (χ4v) is 3.84. The molecule has 0 aromatic heterocycles. The molecular formula is C19H19NO5S. The molecule has 1 aliphatic rings. The van der Waals surface area contributed by atoms with E-state index >= 15 is 0 Å². The molecule has 0 saturated carbocycles. The van der Waals surface area contributed by atoms with Gasteiger partial charge in [-0.25, -0.2) is 13.2 Å². The summed E-state index contributed by atoms with van der Waals surface area (Å²) in [5.41, 5.74) is 2.24. The SMILES string of the molecule is CS(=O)(=O)c1ccccc1C(=O)OCC(=O)N1CCc2ccccc2C1. The second-order valence-electron chi connectivity index (χ2n) is 6.18. The average molecular weight is 373 g/mol. The van der Waals surface area contributed by atoms with E-state index < -0.39 is 22.4 Å². The van der Waals surface area contributed by atoms with Crippen LogP contribution in [-0.4, -0.2) is 44.6 Å². The van der Waals surface area contributed by atoms with Gasteiger partial charge in [0, 0.05) is 19.3 Å². The number of sulfone groups is 1. The molecule has 1 heterocycles. The highest BCUT2D eigenvalue weighted by atomic mass is 32.2. The van der Waals surface area contributed by atoms with Gasteiger partial charge in [-0.1, -0.05) is 36.4 Å². The number of nitrogens with zero attached hydrogens (tertiary/aromatic N) is 1. The predicted molar refractivity (Wildman–Crippen MR) is 95.4 cm³/mol. The van der Waals surface area contributed by atoms with E-state index in [1.54, 1.807) is 11.0 Å². The number of carbonyl (C=O) groups excluding carboxylic acids is 2. The van der Waals surface area contributed by atoms with Crippen LogP contribution in [0.5, 0.6) is 0 Å². The van der Waals surface area contributed by atoms with Crippen molar-refractivity contribution in [3.8, 4) is 0 Å². The van der Waals surface area contributed by atoms with Gasteiger partial charge in [-0.15, -0.1) is 0 Å². The van der Waals surface area contributed by atoms with Crippen LogP contribution in [0, 0.1) is 0 Å². The molecule has 0 radical (unpaired) electrons. The molecule has 3 rings (SSSR count). The van der Waals surface area contributed by atoms with Gasteiger partial charge in [-0.3, -0.25) is 4.79 Å². The third-order valence-electron chi connectivity index (χ3n) is 4.32. The minimum atomic E-state index is -3.57. The minimum Gasteiger partial charge on any atom is -0.452 e. The van der Waals surface area contributed by atoms with Crippen LogP contribution in [0.4, 0.5) is 0 Å².